The summed E-state index contributed by atoms with van der Waals surface area (Å²) in [7, 11) is 0. The number of nitrogens with one attached hydrogen (secondary N) is 2. The average Bonchev–Trinajstić information content (AvgIpc) is 2.82. The molecule has 8 heteroatoms. The zero-order chi connectivity index (χ0) is 25.1. The van der Waals surface area contributed by atoms with Crippen LogP contribution in [-0.4, -0.2) is 31.5 Å². The lowest BCUT2D eigenvalue weighted by atomic mass is 10.1. The molecular weight excluding hydrogens is 440 g/mol. The molecule has 0 amide bonds. The van der Waals surface area contributed by atoms with E-state index in [2.05, 4.69) is 27.1 Å². The SMILES string of the molecule is Cc1ccccc1-n1c(CNc2ncnc(N)c2C(=N)C#C[C@@H](C)O)cc2cccc(C)c2c1=O. The second-order valence-corrected chi connectivity index (χ2v) is 8.26. The number of anilines is 2. The number of benzene rings is 2. The molecule has 0 radical (unpaired) electrons. The fourth-order valence-electron chi connectivity index (χ4n) is 3.99. The lowest BCUT2D eigenvalue weighted by molar-refractivity contribution is 0.253. The van der Waals surface area contributed by atoms with E-state index in [0.717, 1.165) is 22.2 Å². The summed E-state index contributed by atoms with van der Waals surface area (Å²) < 4.78 is 1.71. The van der Waals surface area contributed by atoms with Crippen molar-refractivity contribution in [2.24, 2.45) is 0 Å². The fourth-order valence-corrected chi connectivity index (χ4v) is 3.99. The highest BCUT2D eigenvalue weighted by Crippen LogP contribution is 2.23. The van der Waals surface area contributed by atoms with Gasteiger partial charge in [0.2, 0.25) is 0 Å². The van der Waals surface area contributed by atoms with Gasteiger partial charge in [-0.3, -0.25) is 14.8 Å². The van der Waals surface area contributed by atoms with Gasteiger partial charge in [0.25, 0.3) is 5.56 Å². The molecule has 0 fully saturated rings. The highest BCUT2D eigenvalue weighted by molar-refractivity contribution is 6.16. The Labute approximate surface area is 203 Å². The standard InChI is InChI=1S/C27H26N6O2/c1-16-7-4-5-10-22(16)33-20(13-19-9-6-8-17(2)23(19)27(33)35)14-30-26-24(25(29)31-15-32-26)21(28)12-11-18(3)34/h4-10,13,15,18,28,34H,14H2,1-3H3,(H3,29,30,31,32)/t18-/m1/s1. The van der Waals surface area contributed by atoms with Crippen LogP contribution >= 0.6 is 0 Å². The van der Waals surface area contributed by atoms with E-state index in [0.29, 0.717) is 16.9 Å². The molecule has 0 bridgehead atoms. The second kappa shape index (κ2) is 9.79. The zero-order valence-electron chi connectivity index (χ0n) is 19.8. The van der Waals surface area contributed by atoms with Gasteiger partial charge in [-0.15, -0.1) is 0 Å². The van der Waals surface area contributed by atoms with Crippen LogP contribution in [0, 0.1) is 31.1 Å². The van der Waals surface area contributed by atoms with Crippen molar-refractivity contribution in [1.29, 1.82) is 5.41 Å². The van der Waals surface area contributed by atoms with Crippen LogP contribution in [0.1, 0.15) is 29.3 Å². The third-order valence-corrected chi connectivity index (χ3v) is 5.66. The summed E-state index contributed by atoms with van der Waals surface area (Å²) in [5.74, 6) is 5.54. The highest BCUT2D eigenvalue weighted by Gasteiger charge is 2.17. The monoisotopic (exact) mass is 466 g/mol. The minimum Gasteiger partial charge on any atom is -0.383 e. The van der Waals surface area contributed by atoms with Crippen molar-refractivity contribution >= 4 is 28.1 Å². The van der Waals surface area contributed by atoms with E-state index in [4.69, 9.17) is 11.1 Å². The summed E-state index contributed by atoms with van der Waals surface area (Å²) in [5.41, 5.74) is 9.43. The number of aliphatic hydroxyl groups excluding tert-OH is 1. The second-order valence-electron chi connectivity index (χ2n) is 8.26. The summed E-state index contributed by atoms with van der Waals surface area (Å²) in [5, 5.41) is 22.5. The number of aromatic nitrogens is 3. The van der Waals surface area contributed by atoms with E-state index in [1.54, 1.807) is 4.57 Å². The molecule has 2 aromatic heterocycles. The van der Waals surface area contributed by atoms with Gasteiger partial charge >= 0.3 is 0 Å². The minimum atomic E-state index is -0.887. The van der Waals surface area contributed by atoms with Crippen molar-refractivity contribution in [1.82, 2.24) is 14.5 Å². The van der Waals surface area contributed by atoms with Crippen molar-refractivity contribution in [2.75, 3.05) is 11.1 Å². The average molecular weight is 467 g/mol. The van der Waals surface area contributed by atoms with Gasteiger partial charge in [-0.2, -0.15) is 0 Å². The smallest absolute Gasteiger partial charge is 0.263 e. The van der Waals surface area contributed by atoms with Gasteiger partial charge in [0, 0.05) is 5.69 Å². The summed E-state index contributed by atoms with van der Waals surface area (Å²) in [4.78, 5) is 22.0. The van der Waals surface area contributed by atoms with Crippen LogP contribution in [-0.2, 0) is 6.54 Å². The molecule has 4 rings (SSSR count). The van der Waals surface area contributed by atoms with E-state index in [9.17, 15) is 9.90 Å². The van der Waals surface area contributed by atoms with Gasteiger partial charge in [0.15, 0.2) is 0 Å². The first-order chi connectivity index (χ1) is 16.8. The number of hydrogen-bond acceptors (Lipinski definition) is 7. The van der Waals surface area contributed by atoms with Gasteiger partial charge in [0.1, 0.15) is 29.8 Å². The normalized spacial score (nSPS) is 11.5. The Balaban J connectivity index is 1.83. The summed E-state index contributed by atoms with van der Waals surface area (Å²) in [6, 6.07) is 15.5. The lowest BCUT2D eigenvalue weighted by Crippen LogP contribution is -2.25. The lowest BCUT2D eigenvalue weighted by Gasteiger charge is -2.18. The van der Waals surface area contributed by atoms with E-state index in [1.165, 1.54) is 13.3 Å². The molecule has 0 aliphatic carbocycles. The fraction of sp³-hybridized carbons (Fsp3) is 0.185. The molecule has 176 valence electrons. The van der Waals surface area contributed by atoms with Crippen LogP contribution in [0.15, 0.2) is 59.7 Å². The molecule has 0 aliphatic heterocycles. The molecular formula is C27H26N6O2. The van der Waals surface area contributed by atoms with Gasteiger partial charge in [0.05, 0.1) is 23.2 Å². The molecule has 2 heterocycles. The predicted octanol–water partition coefficient (Wildman–Crippen LogP) is 3.34. The molecule has 2 aromatic carbocycles. The van der Waals surface area contributed by atoms with Crippen LogP contribution in [0.4, 0.5) is 11.6 Å². The van der Waals surface area contributed by atoms with Gasteiger partial charge in [-0.1, -0.05) is 42.3 Å². The largest absolute Gasteiger partial charge is 0.383 e. The van der Waals surface area contributed by atoms with Gasteiger partial charge in [-0.25, -0.2) is 9.97 Å². The molecule has 8 nitrogen and oxygen atoms in total. The molecule has 0 spiro atoms. The van der Waals surface area contributed by atoms with Crippen LogP contribution in [0.3, 0.4) is 0 Å². The van der Waals surface area contributed by atoms with Crippen molar-refractivity contribution in [3.8, 4) is 17.5 Å². The molecule has 35 heavy (non-hydrogen) atoms. The summed E-state index contributed by atoms with van der Waals surface area (Å²) >= 11 is 0. The number of pyridine rings is 1. The third-order valence-electron chi connectivity index (χ3n) is 5.66. The zero-order valence-corrected chi connectivity index (χ0v) is 19.8. The number of para-hydroxylation sites is 1. The Morgan fingerprint density at radius 1 is 1.17 bits per heavy atom. The number of rotatable bonds is 5. The molecule has 4 aromatic rings. The maximum absolute atomic E-state index is 13.7. The third kappa shape index (κ3) is 4.76. The maximum Gasteiger partial charge on any atom is 0.263 e. The Morgan fingerprint density at radius 2 is 1.91 bits per heavy atom. The number of fused-ring (bicyclic) bond motifs is 1. The Morgan fingerprint density at radius 3 is 2.66 bits per heavy atom. The Bertz CT molecular complexity index is 1560. The first kappa shape index (κ1) is 23.7. The number of hydrogen-bond donors (Lipinski definition) is 4. The van der Waals surface area contributed by atoms with Crippen molar-refractivity contribution in [3.63, 3.8) is 0 Å². The summed E-state index contributed by atoms with van der Waals surface area (Å²) in [6.45, 7) is 5.64. The van der Waals surface area contributed by atoms with Crippen molar-refractivity contribution < 1.29 is 5.11 Å². The van der Waals surface area contributed by atoms with Crippen molar-refractivity contribution in [3.05, 3.63) is 87.6 Å². The van der Waals surface area contributed by atoms with Crippen LogP contribution < -0.4 is 16.6 Å². The first-order valence-corrected chi connectivity index (χ1v) is 11.1. The van der Waals surface area contributed by atoms with Gasteiger partial charge in [-0.05, 0) is 55.3 Å². The minimum absolute atomic E-state index is 0.0952. The summed E-state index contributed by atoms with van der Waals surface area (Å²) in [6.07, 6.45) is 0.413. The van der Waals surface area contributed by atoms with E-state index in [-0.39, 0.29) is 29.2 Å². The molecule has 0 saturated heterocycles. The van der Waals surface area contributed by atoms with E-state index in [1.807, 2.05) is 62.4 Å². The number of nitrogens with two attached hydrogens (primary N) is 1. The topological polar surface area (TPSA) is 130 Å². The van der Waals surface area contributed by atoms with E-state index >= 15 is 0 Å². The van der Waals surface area contributed by atoms with Crippen LogP contribution in [0.2, 0.25) is 0 Å². The van der Waals surface area contributed by atoms with Crippen LogP contribution in [0.5, 0.6) is 0 Å². The quantitative estimate of drug-likeness (QED) is 0.264. The Kier molecular flexibility index (Phi) is 6.62. The molecule has 5 N–H and O–H groups in total. The molecule has 0 saturated carbocycles. The maximum atomic E-state index is 13.7. The van der Waals surface area contributed by atoms with Crippen LogP contribution in [0.25, 0.3) is 16.5 Å². The van der Waals surface area contributed by atoms with E-state index < -0.39 is 6.10 Å². The molecule has 0 aliphatic rings. The van der Waals surface area contributed by atoms with Crippen molar-refractivity contribution in [2.45, 2.75) is 33.4 Å². The highest BCUT2D eigenvalue weighted by atomic mass is 16.3. The predicted molar refractivity (Wildman–Crippen MR) is 139 cm³/mol. The first-order valence-electron chi connectivity index (χ1n) is 11.1. The number of aliphatic hydroxyl groups is 1. The number of nitrogen functional groups attached to an aromatic ring is 1. The Hall–Kier alpha value is -4.48. The molecule has 0 unspecified atom stereocenters. The molecule has 1 atom stereocenters. The number of nitrogens with zero attached hydrogens (tertiary/aromatic N) is 3. The van der Waals surface area contributed by atoms with Gasteiger partial charge < -0.3 is 16.2 Å². The number of aryl methyl sites for hydroxylation is 2.